The standard InChI is InChI=1S/C23H29F2N3O3/c1-13-4-5-14(2)28(13)20(30)17-8-6-16(7-9-17)15(3)26-21(31)22(10-11-22)27-19(29)18-12-23(18,24)25/h6-9,13-15,18H,4-5,10-12H2,1-3H3,(H,26,31)(H,27,29)/t13?,14?,15-,18?/m1/s1. The summed E-state index contributed by atoms with van der Waals surface area (Å²) >= 11 is 0. The SMILES string of the molecule is CC1CCC(C)N1C(=O)c1ccc([C@@H](C)NC(=O)C2(NC(=O)C3CC3(F)F)CC2)cc1. The van der Waals surface area contributed by atoms with Crippen molar-refractivity contribution in [3.8, 4) is 0 Å². The van der Waals surface area contributed by atoms with Crippen molar-refractivity contribution in [3.05, 3.63) is 35.4 Å². The molecule has 2 saturated carbocycles. The van der Waals surface area contributed by atoms with Gasteiger partial charge >= 0.3 is 0 Å². The van der Waals surface area contributed by atoms with Gasteiger partial charge in [-0.15, -0.1) is 0 Å². The fourth-order valence-corrected chi connectivity index (χ4v) is 4.43. The van der Waals surface area contributed by atoms with E-state index in [0.29, 0.717) is 18.4 Å². The van der Waals surface area contributed by atoms with Crippen molar-refractivity contribution in [1.29, 1.82) is 0 Å². The molecule has 3 fully saturated rings. The maximum absolute atomic E-state index is 13.1. The van der Waals surface area contributed by atoms with Gasteiger partial charge in [-0.3, -0.25) is 14.4 Å². The molecule has 8 heteroatoms. The fraction of sp³-hybridized carbons (Fsp3) is 0.609. The summed E-state index contributed by atoms with van der Waals surface area (Å²) in [5, 5.41) is 5.39. The molecule has 168 valence electrons. The van der Waals surface area contributed by atoms with Crippen LogP contribution in [-0.2, 0) is 9.59 Å². The molecule has 1 aromatic rings. The minimum atomic E-state index is -2.95. The highest BCUT2D eigenvalue weighted by molar-refractivity contribution is 5.96. The molecule has 1 saturated heterocycles. The van der Waals surface area contributed by atoms with Crippen molar-refractivity contribution in [2.75, 3.05) is 0 Å². The molecule has 3 amide bonds. The fourth-order valence-electron chi connectivity index (χ4n) is 4.43. The zero-order valence-corrected chi connectivity index (χ0v) is 18.1. The van der Waals surface area contributed by atoms with Gasteiger partial charge in [-0.25, -0.2) is 8.78 Å². The van der Waals surface area contributed by atoms with Gasteiger partial charge in [0.25, 0.3) is 11.8 Å². The summed E-state index contributed by atoms with van der Waals surface area (Å²) in [7, 11) is 0. The summed E-state index contributed by atoms with van der Waals surface area (Å²) in [5.74, 6) is -5.37. The number of carbonyl (C=O) groups excluding carboxylic acids is 3. The van der Waals surface area contributed by atoms with Crippen LogP contribution in [0.1, 0.15) is 74.8 Å². The van der Waals surface area contributed by atoms with Crippen LogP contribution >= 0.6 is 0 Å². The Balaban J connectivity index is 1.35. The van der Waals surface area contributed by atoms with Crippen LogP contribution in [0, 0.1) is 5.92 Å². The number of alkyl halides is 2. The monoisotopic (exact) mass is 433 g/mol. The Morgan fingerprint density at radius 1 is 1.06 bits per heavy atom. The van der Waals surface area contributed by atoms with Gasteiger partial charge in [0.2, 0.25) is 11.8 Å². The lowest BCUT2D eigenvalue weighted by atomic mass is 10.0. The molecule has 4 rings (SSSR count). The molecule has 0 radical (unpaired) electrons. The molecule has 0 aromatic heterocycles. The molecule has 1 heterocycles. The summed E-state index contributed by atoms with van der Waals surface area (Å²) in [5.41, 5.74) is 0.351. The highest BCUT2D eigenvalue weighted by Crippen LogP contribution is 2.49. The Bertz CT molecular complexity index is 888. The lowest BCUT2D eigenvalue weighted by molar-refractivity contribution is -0.132. The molecule has 31 heavy (non-hydrogen) atoms. The molecule has 0 spiro atoms. The molecule has 1 aliphatic heterocycles. The third-order valence-corrected chi connectivity index (χ3v) is 6.88. The van der Waals surface area contributed by atoms with Gasteiger partial charge in [0.15, 0.2) is 0 Å². The second-order valence-electron chi connectivity index (χ2n) is 9.39. The molecule has 6 nitrogen and oxygen atoms in total. The van der Waals surface area contributed by atoms with Gasteiger partial charge in [-0.1, -0.05) is 12.1 Å². The first-order valence-corrected chi connectivity index (χ1v) is 11.0. The summed E-state index contributed by atoms with van der Waals surface area (Å²) in [6, 6.07) is 7.25. The normalized spacial score (nSPS) is 28.5. The number of rotatable bonds is 6. The first kappa shape index (κ1) is 21.7. The first-order valence-electron chi connectivity index (χ1n) is 11.0. The van der Waals surface area contributed by atoms with Crippen molar-refractivity contribution in [3.63, 3.8) is 0 Å². The van der Waals surface area contributed by atoms with E-state index in [9.17, 15) is 23.2 Å². The Kier molecular flexibility index (Phi) is 5.30. The topological polar surface area (TPSA) is 78.5 Å². The Morgan fingerprint density at radius 3 is 2.10 bits per heavy atom. The first-order chi connectivity index (χ1) is 14.5. The van der Waals surface area contributed by atoms with Gasteiger partial charge in [-0.05, 0) is 64.2 Å². The zero-order valence-electron chi connectivity index (χ0n) is 18.1. The number of benzene rings is 1. The van der Waals surface area contributed by atoms with Crippen molar-refractivity contribution in [1.82, 2.24) is 15.5 Å². The van der Waals surface area contributed by atoms with Crippen LogP contribution in [-0.4, -0.2) is 46.2 Å². The van der Waals surface area contributed by atoms with Gasteiger partial charge in [0.05, 0.1) is 6.04 Å². The number of nitrogens with one attached hydrogen (secondary N) is 2. The van der Waals surface area contributed by atoms with Crippen molar-refractivity contribution in [2.45, 2.75) is 82.5 Å². The van der Waals surface area contributed by atoms with Crippen LogP contribution in [0.2, 0.25) is 0 Å². The predicted molar refractivity (Wildman–Crippen MR) is 110 cm³/mol. The van der Waals surface area contributed by atoms with E-state index in [-0.39, 0.29) is 29.9 Å². The van der Waals surface area contributed by atoms with E-state index in [2.05, 4.69) is 24.5 Å². The number of likely N-dealkylation sites (tertiary alicyclic amines) is 1. The third kappa shape index (κ3) is 4.16. The molecular formula is C23H29F2N3O3. The van der Waals surface area contributed by atoms with Crippen LogP contribution in [0.15, 0.2) is 24.3 Å². The molecular weight excluding hydrogens is 404 g/mol. The Morgan fingerprint density at radius 2 is 1.61 bits per heavy atom. The molecule has 0 bridgehead atoms. The molecule has 4 atom stereocenters. The van der Waals surface area contributed by atoms with Crippen LogP contribution in [0.4, 0.5) is 8.78 Å². The number of nitrogens with zero attached hydrogens (tertiary/aromatic N) is 1. The number of halogens is 2. The highest BCUT2D eigenvalue weighted by atomic mass is 19.3. The minimum Gasteiger partial charge on any atom is -0.348 e. The smallest absolute Gasteiger partial charge is 0.260 e. The van der Waals surface area contributed by atoms with Gasteiger partial charge in [-0.2, -0.15) is 0 Å². The van der Waals surface area contributed by atoms with Crippen LogP contribution in [0.5, 0.6) is 0 Å². The van der Waals surface area contributed by atoms with E-state index >= 15 is 0 Å². The molecule has 1 aromatic carbocycles. The van der Waals surface area contributed by atoms with E-state index in [0.717, 1.165) is 18.4 Å². The van der Waals surface area contributed by atoms with Crippen molar-refractivity contribution >= 4 is 17.7 Å². The lowest BCUT2D eigenvalue weighted by Gasteiger charge is -2.26. The average Bonchev–Trinajstić information content (AvgIpc) is 3.60. The third-order valence-electron chi connectivity index (χ3n) is 6.88. The second kappa shape index (κ2) is 7.57. The molecule has 2 aliphatic carbocycles. The maximum atomic E-state index is 13.1. The Hall–Kier alpha value is -2.51. The maximum Gasteiger partial charge on any atom is 0.260 e. The number of amides is 3. The summed E-state index contributed by atoms with van der Waals surface area (Å²) in [6.45, 7) is 5.93. The highest BCUT2D eigenvalue weighted by Gasteiger charge is 2.63. The minimum absolute atomic E-state index is 0.0114. The summed E-state index contributed by atoms with van der Waals surface area (Å²) in [4.78, 5) is 39.4. The van der Waals surface area contributed by atoms with E-state index in [1.165, 1.54) is 0 Å². The zero-order chi connectivity index (χ0) is 22.6. The van der Waals surface area contributed by atoms with Gasteiger partial charge in [0.1, 0.15) is 11.5 Å². The molecule has 3 aliphatic rings. The summed E-state index contributed by atoms with van der Waals surface area (Å²) < 4.78 is 26.2. The van der Waals surface area contributed by atoms with Gasteiger partial charge in [0, 0.05) is 24.1 Å². The quantitative estimate of drug-likeness (QED) is 0.723. The van der Waals surface area contributed by atoms with E-state index in [1.807, 2.05) is 24.0 Å². The van der Waals surface area contributed by atoms with Crippen LogP contribution < -0.4 is 10.6 Å². The van der Waals surface area contributed by atoms with E-state index < -0.39 is 29.7 Å². The lowest BCUT2D eigenvalue weighted by Crippen LogP contribution is -2.50. The average molecular weight is 433 g/mol. The van der Waals surface area contributed by atoms with Crippen molar-refractivity contribution in [2.24, 2.45) is 5.92 Å². The van der Waals surface area contributed by atoms with Crippen molar-refractivity contribution < 1.29 is 23.2 Å². The summed E-state index contributed by atoms with van der Waals surface area (Å²) in [6.07, 6.45) is 2.44. The predicted octanol–water partition coefficient (Wildman–Crippen LogP) is 3.18. The van der Waals surface area contributed by atoms with E-state index in [4.69, 9.17) is 0 Å². The second-order valence-corrected chi connectivity index (χ2v) is 9.39. The number of carbonyl (C=O) groups is 3. The van der Waals surface area contributed by atoms with Gasteiger partial charge < -0.3 is 15.5 Å². The molecule has 3 unspecified atom stereocenters. The Labute approximate surface area is 180 Å². The van der Waals surface area contributed by atoms with Crippen LogP contribution in [0.3, 0.4) is 0 Å². The van der Waals surface area contributed by atoms with E-state index in [1.54, 1.807) is 12.1 Å². The molecule has 2 N–H and O–H groups in total. The number of hydrogen-bond donors (Lipinski definition) is 2. The van der Waals surface area contributed by atoms with Crippen LogP contribution in [0.25, 0.3) is 0 Å². The number of hydrogen-bond acceptors (Lipinski definition) is 3. The largest absolute Gasteiger partial charge is 0.348 e.